The number of likely N-dealkylation sites (tertiary alicyclic amines) is 1. The van der Waals surface area contributed by atoms with E-state index in [4.69, 9.17) is 9.47 Å². The summed E-state index contributed by atoms with van der Waals surface area (Å²) < 4.78 is 43.1. The van der Waals surface area contributed by atoms with Gasteiger partial charge in [-0.05, 0) is 79.7 Å². The van der Waals surface area contributed by atoms with Crippen LogP contribution < -0.4 is 10.7 Å². The molecule has 12 heteroatoms. The Morgan fingerprint density at radius 3 is 2.25 bits per heavy atom. The van der Waals surface area contributed by atoms with Gasteiger partial charge in [-0.1, -0.05) is 19.1 Å². The number of carboxylic acids is 1. The third kappa shape index (κ3) is 7.05. The Morgan fingerprint density at radius 2 is 1.70 bits per heavy atom. The summed E-state index contributed by atoms with van der Waals surface area (Å²) in [6.45, 7) is 12.4. The van der Waals surface area contributed by atoms with Crippen LogP contribution in [0.2, 0.25) is 0 Å². The average Bonchev–Trinajstić information content (AvgIpc) is 3.65. The zero-order valence-electron chi connectivity index (χ0n) is 26.3. The summed E-state index contributed by atoms with van der Waals surface area (Å²) in [5, 5.41) is 12.4. The van der Waals surface area contributed by atoms with Crippen LogP contribution in [0, 0.1) is 11.6 Å². The largest absolute Gasteiger partial charge is 0.477 e. The van der Waals surface area contributed by atoms with Gasteiger partial charge in [0.2, 0.25) is 5.43 Å². The van der Waals surface area contributed by atoms with Gasteiger partial charge < -0.3 is 29.4 Å². The molecule has 4 rings (SSSR count). The molecule has 1 saturated heterocycles. The number of halogens is 2. The minimum atomic E-state index is -1.42. The summed E-state index contributed by atoms with van der Waals surface area (Å²) >= 11 is 0. The Labute approximate surface area is 255 Å². The van der Waals surface area contributed by atoms with E-state index in [-0.39, 0.29) is 47.6 Å². The van der Waals surface area contributed by atoms with Crippen molar-refractivity contribution in [2.45, 2.75) is 110 Å². The number of ether oxygens (including phenoxy) is 2. The lowest BCUT2D eigenvalue weighted by Gasteiger charge is -2.30. The Kier molecular flexibility index (Phi) is 9.14. The molecule has 2 heterocycles. The first kappa shape index (κ1) is 32.9. The second kappa shape index (κ2) is 12.2. The number of aromatic nitrogens is 1. The van der Waals surface area contributed by atoms with Gasteiger partial charge in [-0.25, -0.2) is 23.2 Å². The number of alkyl carbamates (subject to hydrolysis) is 1. The molecule has 2 atom stereocenters. The first-order valence-corrected chi connectivity index (χ1v) is 14.9. The molecule has 2 amide bonds. The lowest BCUT2D eigenvalue weighted by Crippen LogP contribution is -2.48. The van der Waals surface area contributed by atoms with Gasteiger partial charge in [0.1, 0.15) is 16.8 Å². The second-order valence-electron chi connectivity index (χ2n) is 13.3. The summed E-state index contributed by atoms with van der Waals surface area (Å²) in [6.07, 6.45) is 3.83. The number of hydrogen-bond donors (Lipinski definition) is 2. The fourth-order valence-corrected chi connectivity index (χ4v) is 5.69. The van der Waals surface area contributed by atoms with Gasteiger partial charge in [0.05, 0.1) is 23.0 Å². The highest BCUT2D eigenvalue weighted by Crippen LogP contribution is 2.40. The summed E-state index contributed by atoms with van der Waals surface area (Å²) in [5.41, 5.74) is -2.62. The first-order valence-electron chi connectivity index (χ1n) is 14.9. The number of carbonyl (C=O) groups excluding carboxylic acids is 2. The van der Waals surface area contributed by atoms with Crippen LogP contribution in [-0.2, 0) is 15.9 Å². The number of pyridine rings is 1. The van der Waals surface area contributed by atoms with Crippen molar-refractivity contribution in [1.82, 2.24) is 14.8 Å². The number of carbonyl (C=O) groups is 3. The zero-order valence-corrected chi connectivity index (χ0v) is 26.3. The number of benzene rings is 1. The van der Waals surface area contributed by atoms with Gasteiger partial charge in [-0.15, -0.1) is 0 Å². The van der Waals surface area contributed by atoms with Gasteiger partial charge in [-0.2, -0.15) is 0 Å². The lowest BCUT2D eigenvalue weighted by atomic mass is 10.00. The molecule has 1 aromatic heterocycles. The normalized spacial score (nSPS) is 19.1. The highest BCUT2D eigenvalue weighted by molar-refractivity contribution is 5.97. The molecular weight excluding hydrogens is 576 g/mol. The molecule has 2 N–H and O–H groups in total. The van der Waals surface area contributed by atoms with E-state index in [1.807, 2.05) is 0 Å². The van der Waals surface area contributed by atoms with Crippen molar-refractivity contribution in [2.75, 3.05) is 6.54 Å². The maximum atomic E-state index is 15.5. The number of amides is 2. The topological polar surface area (TPSA) is 127 Å². The van der Waals surface area contributed by atoms with E-state index in [0.717, 1.165) is 6.07 Å². The number of hydrogen-bond acceptors (Lipinski definition) is 6. The molecule has 1 saturated carbocycles. The average molecular weight is 618 g/mol. The molecule has 2 aromatic rings. The molecule has 2 aliphatic rings. The third-order valence-electron chi connectivity index (χ3n) is 7.52. The molecular formula is C32H41F2N3O7. The molecule has 1 aliphatic carbocycles. The van der Waals surface area contributed by atoms with E-state index in [2.05, 4.69) is 5.32 Å². The zero-order chi connectivity index (χ0) is 32.7. The van der Waals surface area contributed by atoms with Crippen molar-refractivity contribution in [3.8, 4) is 0 Å². The van der Waals surface area contributed by atoms with Crippen LogP contribution in [0.15, 0.2) is 16.9 Å². The molecule has 1 aromatic carbocycles. The van der Waals surface area contributed by atoms with Crippen LogP contribution in [0.25, 0.3) is 17.0 Å². The molecule has 10 nitrogen and oxygen atoms in total. The van der Waals surface area contributed by atoms with E-state index in [1.165, 1.54) is 11.0 Å². The van der Waals surface area contributed by atoms with E-state index < -0.39 is 64.1 Å². The predicted molar refractivity (Wildman–Crippen MR) is 161 cm³/mol. The molecule has 240 valence electrons. The van der Waals surface area contributed by atoms with Crippen molar-refractivity contribution in [1.29, 1.82) is 0 Å². The fraction of sp³-hybridized carbons (Fsp3) is 0.562. The van der Waals surface area contributed by atoms with Crippen LogP contribution in [0.1, 0.15) is 102 Å². The summed E-state index contributed by atoms with van der Waals surface area (Å²) in [7, 11) is 0. The molecule has 0 bridgehead atoms. The highest BCUT2D eigenvalue weighted by Gasteiger charge is 2.40. The monoisotopic (exact) mass is 617 g/mol. The van der Waals surface area contributed by atoms with Crippen LogP contribution in [0.3, 0.4) is 0 Å². The smallest absolute Gasteiger partial charge is 0.410 e. The third-order valence-corrected chi connectivity index (χ3v) is 7.52. The van der Waals surface area contributed by atoms with Crippen LogP contribution in [0.4, 0.5) is 18.4 Å². The quantitative estimate of drug-likeness (QED) is 0.380. The van der Waals surface area contributed by atoms with Gasteiger partial charge >= 0.3 is 18.2 Å². The maximum Gasteiger partial charge on any atom is 0.410 e. The standard InChI is InChI=1S/C32H41F2N3O7/c1-8-22-24(28(39)40)27(38)19-16-20(33)25(34)18(26(19)37(22)17-12-13-17)10-9-11-23-21(35-29(41)43-31(2,3)4)14-15-36(23)30(42)44-32(5,6)7/h9-10,16-17,21,23H,8,11-15H2,1-7H3,(H,35,41)(H,39,40)/t21-,23-/m1/s1. The fourth-order valence-electron chi connectivity index (χ4n) is 5.69. The van der Waals surface area contributed by atoms with E-state index in [9.17, 15) is 28.7 Å². The second-order valence-corrected chi connectivity index (χ2v) is 13.3. The van der Waals surface area contributed by atoms with Crippen LogP contribution in [0.5, 0.6) is 0 Å². The van der Waals surface area contributed by atoms with Crippen molar-refractivity contribution in [3.05, 3.63) is 50.8 Å². The number of rotatable bonds is 7. The molecule has 0 unspecified atom stereocenters. The SMILES string of the molecule is CCc1c(C(=O)O)c(=O)c2cc(F)c(F)c(C=CC[C@@H]3[C@H](NC(=O)OC(C)(C)C)CCN3C(=O)OC(C)(C)C)c2n1C1CC1. The van der Waals surface area contributed by atoms with Gasteiger partial charge in [0.25, 0.3) is 0 Å². The van der Waals surface area contributed by atoms with Crippen molar-refractivity contribution < 1.29 is 37.7 Å². The van der Waals surface area contributed by atoms with E-state index in [0.29, 0.717) is 19.3 Å². The first-order chi connectivity index (χ1) is 20.4. The predicted octanol–water partition coefficient (Wildman–Crippen LogP) is 6.18. The van der Waals surface area contributed by atoms with Crippen molar-refractivity contribution in [3.63, 3.8) is 0 Å². The molecule has 1 aliphatic heterocycles. The minimum Gasteiger partial charge on any atom is -0.477 e. The maximum absolute atomic E-state index is 15.5. The van der Waals surface area contributed by atoms with Crippen LogP contribution in [-0.4, -0.2) is 62.6 Å². The van der Waals surface area contributed by atoms with E-state index in [1.54, 1.807) is 59.1 Å². The lowest BCUT2D eigenvalue weighted by molar-refractivity contribution is 0.0204. The number of nitrogens with zero attached hydrogens (tertiary/aromatic N) is 2. The molecule has 0 spiro atoms. The summed E-state index contributed by atoms with van der Waals surface area (Å²) in [6, 6.07) is -0.516. The van der Waals surface area contributed by atoms with Gasteiger partial charge in [0, 0.05) is 23.8 Å². The number of aromatic carboxylic acids is 1. The Hall–Kier alpha value is -3.96. The van der Waals surface area contributed by atoms with E-state index >= 15 is 4.39 Å². The summed E-state index contributed by atoms with van der Waals surface area (Å²) in [5.74, 6) is -3.87. The summed E-state index contributed by atoms with van der Waals surface area (Å²) in [4.78, 5) is 52.6. The van der Waals surface area contributed by atoms with Gasteiger partial charge in [0.15, 0.2) is 11.6 Å². The van der Waals surface area contributed by atoms with Gasteiger partial charge in [-0.3, -0.25) is 4.79 Å². The Morgan fingerprint density at radius 1 is 1.07 bits per heavy atom. The highest BCUT2D eigenvalue weighted by atomic mass is 19.2. The molecule has 0 radical (unpaired) electrons. The molecule has 44 heavy (non-hydrogen) atoms. The minimum absolute atomic E-state index is 0.124. The van der Waals surface area contributed by atoms with Crippen LogP contribution >= 0.6 is 0 Å². The number of carboxylic acid groups (broad SMARTS) is 1. The Balaban J connectivity index is 1.77. The van der Waals surface area contributed by atoms with Crippen molar-refractivity contribution in [2.24, 2.45) is 0 Å². The number of nitrogens with one attached hydrogen (secondary N) is 1. The number of fused-ring (bicyclic) bond motifs is 1. The molecule has 2 fully saturated rings. The Bertz CT molecular complexity index is 1570. The van der Waals surface area contributed by atoms with Crippen molar-refractivity contribution >= 4 is 35.1 Å².